The number of halogens is 1. The van der Waals surface area contributed by atoms with Crippen LogP contribution >= 0.6 is 11.6 Å². The van der Waals surface area contributed by atoms with Gasteiger partial charge in [0.1, 0.15) is 0 Å². The van der Waals surface area contributed by atoms with Crippen LogP contribution in [0.5, 0.6) is 0 Å². The Kier molecular flexibility index (Phi) is 4.33. The van der Waals surface area contributed by atoms with Gasteiger partial charge in [0.2, 0.25) is 0 Å². The molecule has 102 valence electrons. The van der Waals surface area contributed by atoms with Crippen LogP contribution in [0.25, 0.3) is 0 Å². The summed E-state index contributed by atoms with van der Waals surface area (Å²) < 4.78 is 2.23. The minimum Gasteiger partial charge on any atom is -0.352 e. The SMILES string of the molecule is Cc1cc(CNC(C)c2ccc(Cl)cc2)c(C)n1C. The molecule has 0 amide bonds. The van der Waals surface area contributed by atoms with Crippen molar-refractivity contribution in [1.82, 2.24) is 9.88 Å². The summed E-state index contributed by atoms with van der Waals surface area (Å²) in [6, 6.07) is 10.6. The fourth-order valence-corrected chi connectivity index (χ4v) is 2.37. The molecule has 0 aliphatic heterocycles. The van der Waals surface area contributed by atoms with Gasteiger partial charge in [-0.1, -0.05) is 23.7 Å². The second-order valence-electron chi connectivity index (χ2n) is 5.11. The van der Waals surface area contributed by atoms with E-state index >= 15 is 0 Å². The van der Waals surface area contributed by atoms with Crippen LogP contribution in [0.15, 0.2) is 30.3 Å². The highest BCUT2D eigenvalue weighted by molar-refractivity contribution is 6.30. The summed E-state index contributed by atoms with van der Waals surface area (Å²) in [6.45, 7) is 7.36. The summed E-state index contributed by atoms with van der Waals surface area (Å²) in [5, 5.41) is 4.34. The Labute approximate surface area is 120 Å². The zero-order valence-electron chi connectivity index (χ0n) is 12.0. The smallest absolute Gasteiger partial charge is 0.0406 e. The number of rotatable bonds is 4. The average molecular weight is 277 g/mol. The second-order valence-corrected chi connectivity index (χ2v) is 5.55. The van der Waals surface area contributed by atoms with Crippen LogP contribution in [-0.2, 0) is 13.6 Å². The fraction of sp³-hybridized carbons (Fsp3) is 0.375. The Morgan fingerprint density at radius 1 is 1.21 bits per heavy atom. The van der Waals surface area contributed by atoms with Gasteiger partial charge in [-0.15, -0.1) is 0 Å². The van der Waals surface area contributed by atoms with Crippen LogP contribution in [0.3, 0.4) is 0 Å². The first-order valence-corrected chi connectivity index (χ1v) is 6.97. The first kappa shape index (κ1) is 14.2. The number of aromatic nitrogens is 1. The van der Waals surface area contributed by atoms with Gasteiger partial charge < -0.3 is 9.88 Å². The molecule has 0 aliphatic carbocycles. The molecule has 0 saturated carbocycles. The van der Waals surface area contributed by atoms with Gasteiger partial charge in [0.25, 0.3) is 0 Å². The van der Waals surface area contributed by atoms with Crippen LogP contribution in [0.1, 0.15) is 35.5 Å². The molecule has 19 heavy (non-hydrogen) atoms. The minimum absolute atomic E-state index is 0.317. The number of nitrogens with zero attached hydrogens (tertiary/aromatic N) is 1. The predicted molar refractivity (Wildman–Crippen MR) is 81.6 cm³/mol. The zero-order valence-corrected chi connectivity index (χ0v) is 12.8. The third-order valence-corrected chi connectivity index (χ3v) is 4.10. The summed E-state index contributed by atoms with van der Waals surface area (Å²) in [5.74, 6) is 0. The molecule has 1 unspecified atom stereocenters. The molecular weight excluding hydrogens is 256 g/mol. The molecule has 3 heteroatoms. The fourth-order valence-electron chi connectivity index (χ4n) is 2.24. The maximum Gasteiger partial charge on any atom is 0.0406 e. The molecule has 2 nitrogen and oxygen atoms in total. The molecule has 1 atom stereocenters. The van der Waals surface area contributed by atoms with Gasteiger partial charge >= 0.3 is 0 Å². The van der Waals surface area contributed by atoms with Crippen LogP contribution in [0, 0.1) is 13.8 Å². The number of aryl methyl sites for hydroxylation is 1. The lowest BCUT2D eigenvalue weighted by Crippen LogP contribution is -2.18. The highest BCUT2D eigenvalue weighted by Gasteiger charge is 2.09. The third kappa shape index (κ3) is 3.20. The van der Waals surface area contributed by atoms with E-state index in [2.05, 4.69) is 55.9 Å². The quantitative estimate of drug-likeness (QED) is 0.888. The van der Waals surface area contributed by atoms with Crippen LogP contribution in [0.4, 0.5) is 0 Å². The Balaban J connectivity index is 2.02. The molecule has 0 spiro atoms. The lowest BCUT2D eigenvalue weighted by molar-refractivity contribution is 0.572. The third-order valence-electron chi connectivity index (χ3n) is 3.85. The lowest BCUT2D eigenvalue weighted by atomic mass is 10.1. The second kappa shape index (κ2) is 5.81. The Bertz CT molecular complexity index is 555. The molecule has 1 aromatic heterocycles. The maximum absolute atomic E-state index is 5.91. The first-order chi connectivity index (χ1) is 8.99. The van der Waals surface area contributed by atoms with Crippen molar-refractivity contribution in [3.05, 3.63) is 57.9 Å². The Morgan fingerprint density at radius 3 is 2.37 bits per heavy atom. The molecule has 2 aromatic rings. The largest absolute Gasteiger partial charge is 0.352 e. The topological polar surface area (TPSA) is 17.0 Å². The van der Waals surface area contributed by atoms with Gasteiger partial charge in [0, 0.05) is 36.0 Å². The Morgan fingerprint density at radius 2 is 1.84 bits per heavy atom. The molecule has 2 rings (SSSR count). The number of hydrogen-bond donors (Lipinski definition) is 1. The summed E-state index contributed by atoms with van der Waals surface area (Å²) in [6.07, 6.45) is 0. The molecule has 0 fully saturated rings. The Hall–Kier alpha value is -1.25. The normalized spacial score (nSPS) is 12.7. The van der Waals surface area contributed by atoms with Crippen LogP contribution < -0.4 is 5.32 Å². The summed E-state index contributed by atoms with van der Waals surface area (Å²) in [7, 11) is 2.11. The highest BCUT2D eigenvalue weighted by Crippen LogP contribution is 2.18. The maximum atomic E-state index is 5.91. The van der Waals surface area contributed by atoms with Crippen LogP contribution in [0.2, 0.25) is 5.02 Å². The van der Waals surface area contributed by atoms with Gasteiger partial charge in [-0.2, -0.15) is 0 Å². The van der Waals surface area contributed by atoms with E-state index in [1.165, 1.54) is 22.5 Å². The first-order valence-electron chi connectivity index (χ1n) is 6.59. The monoisotopic (exact) mass is 276 g/mol. The number of benzene rings is 1. The van der Waals surface area contributed by atoms with Crippen molar-refractivity contribution >= 4 is 11.6 Å². The molecule has 0 aliphatic rings. The van der Waals surface area contributed by atoms with Gasteiger partial charge in [0.15, 0.2) is 0 Å². The molecule has 0 bridgehead atoms. The van der Waals surface area contributed by atoms with Gasteiger partial charge in [-0.3, -0.25) is 0 Å². The van der Waals surface area contributed by atoms with E-state index in [1.54, 1.807) is 0 Å². The summed E-state index contributed by atoms with van der Waals surface area (Å²) >= 11 is 5.91. The van der Waals surface area contributed by atoms with Gasteiger partial charge in [-0.05, 0) is 50.1 Å². The number of hydrogen-bond acceptors (Lipinski definition) is 1. The highest BCUT2D eigenvalue weighted by atomic mass is 35.5. The average Bonchev–Trinajstić information content (AvgIpc) is 2.64. The minimum atomic E-state index is 0.317. The molecule has 0 radical (unpaired) electrons. The van der Waals surface area contributed by atoms with E-state index in [9.17, 15) is 0 Å². The zero-order chi connectivity index (χ0) is 14.0. The van der Waals surface area contributed by atoms with Crippen molar-refractivity contribution in [2.45, 2.75) is 33.4 Å². The predicted octanol–water partition coefficient (Wildman–Crippen LogP) is 4.15. The van der Waals surface area contributed by atoms with E-state index in [1.807, 2.05) is 12.1 Å². The summed E-state index contributed by atoms with van der Waals surface area (Å²) in [5.41, 5.74) is 5.25. The van der Waals surface area contributed by atoms with E-state index in [4.69, 9.17) is 11.6 Å². The van der Waals surface area contributed by atoms with E-state index in [0.29, 0.717) is 6.04 Å². The molecule has 1 N–H and O–H groups in total. The van der Waals surface area contributed by atoms with E-state index in [0.717, 1.165) is 11.6 Å². The lowest BCUT2D eigenvalue weighted by Gasteiger charge is -2.14. The van der Waals surface area contributed by atoms with Crippen LogP contribution in [-0.4, -0.2) is 4.57 Å². The van der Waals surface area contributed by atoms with Crippen molar-refractivity contribution in [2.24, 2.45) is 7.05 Å². The standard InChI is InChI=1S/C16H21ClN2/c1-11-9-15(13(3)19(11)4)10-18-12(2)14-5-7-16(17)8-6-14/h5-9,12,18H,10H2,1-4H3. The van der Waals surface area contributed by atoms with Crippen molar-refractivity contribution in [2.75, 3.05) is 0 Å². The van der Waals surface area contributed by atoms with Gasteiger partial charge in [0.05, 0.1) is 0 Å². The molecule has 1 heterocycles. The van der Waals surface area contributed by atoms with Crippen molar-refractivity contribution in [3.8, 4) is 0 Å². The van der Waals surface area contributed by atoms with Crippen molar-refractivity contribution < 1.29 is 0 Å². The molecule has 0 saturated heterocycles. The molecule has 1 aromatic carbocycles. The van der Waals surface area contributed by atoms with Crippen molar-refractivity contribution in [3.63, 3.8) is 0 Å². The summed E-state index contributed by atoms with van der Waals surface area (Å²) in [4.78, 5) is 0. The molecular formula is C16H21ClN2. The van der Waals surface area contributed by atoms with E-state index < -0.39 is 0 Å². The van der Waals surface area contributed by atoms with Crippen molar-refractivity contribution in [1.29, 1.82) is 0 Å². The number of nitrogens with one attached hydrogen (secondary N) is 1. The van der Waals surface area contributed by atoms with E-state index in [-0.39, 0.29) is 0 Å². The van der Waals surface area contributed by atoms with Gasteiger partial charge in [-0.25, -0.2) is 0 Å².